The number of pyridine rings is 1. The van der Waals surface area contributed by atoms with Gasteiger partial charge in [-0.2, -0.15) is 5.10 Å². The Balaban J connectivity index is 1.58. The molecule has 1 aliphatic heterocycles. The number of imidazole rings is 1. The zero-order valence-electron chi connectivity index (χ0n) is 18.8. The Bertz CT molecular complexity index is 1540. The van der Waals surface area contributed by atoms with E-state index in [0.717, 1.165) is 48.6 Å². The van der Waals surface area contributed by atoms with Crippen molar-refractivity contribution < 1.29 is 0 Å². The maximum atomic E-state index is 13.9. The molecule has 0 spiro atoms. The Labute approximate surface area is 195 Å². The highest BCUT2D eigenvalue weighted by molar-refractivity contribution is 5.80. The van der Waals surface area contributed by atoms with Crippen LogP contribution in [0.3, 0.4) is 0 Å². The molecule has 1 fully saturated rings. The smallest absolute Gasteiger partial charge is 0.294 e. The summed E-state index contributed by atoms with van der Waals surface area (Å²) in [6.07, 6.45) is 5.21. The van der Waals surface area contributed by atoms with Crippen LogP contribution in [0.2, 0.25) is 0 Å². The molecule has 0 bridgehead atoms. The van der Waals surface area contributed by atoms with Gasteiger partial charge in [0.2, 0.25) is 0 Å². The van der Waals surface area contributed by atoms with Crippen LogP contribution in [-0.4, -0.2) is 55.3 Å². The van der Waals surface area contributed by atoms with Gasteiger partial charge in [-0.15, -0.1) is 0 Å². The van der Waals surface area contributed by atoms with Crippen LogP contribution in [0.4, 0.5) is 5.82 Å². The molecule has 0 amide bonds. The molecule has 1 N–H and O–H groups in total. The lowest BCUT2D eigenvalue weighted by Gasteiger charge is -2.29. The second-order valence-corrected chi connectivity index (χ2v) is 8.43. The first kappa shape index (κ1) is 20.5. The van der Waals surface area contributed by atoms with Crippen LogP contribution in [0, 0.1) is 0 Å². The van der Waals surface area contributed by atoms with Crippen LogP contribution in [0.15, 0.2) is 71.9 Å². The third-order valence-corrected chi connectivity index (χ3v) is 6.38. The molecular weight excluding hydrogens is 428 g/mol. The van der Waals surface area contributed by atoms with Crippen molar-refractivity contribution in [1.29, 1.82) is 0 Å². The molecule has 4 aromatic heterocycles. The summed E-state index contributed by atoms with van der Waals surface area (Å²) in [5.74, 6) is 0.475. The molecule has 0 radical (unpaired) electrons. The zero-order valence-corrected chi connectivity index (χ0v) is 18.8. The van der Waals surface area contributed by atoms with E-state index in [1.165, 1.54) is 0 Å². The van der Waals surface area contributed by atoms with Crippen LogP contribution in [0.25, 0.3) is 28.1 Å². The van der Waals surface area contributed by atoms with E-state index in [4.69, 9.17) is 4.98 Å². The summed E-state index contributed by atoms with van der Waals surface area (Å²) in [5, 5.41) is 7.75. The van der Waals surface area contributed by atoms with Crippen molar-refractivity contribution in [2.45, 2.75) is 13.0 Å². The minimum absolute atomic E-state index is 0.0980. The lowest BCUT2D eigenvalue weighted by atomic mass is 10.1. The number of piperazine rings is 1. The van der Waals surface area contributed by atoms with E-state index in [0.29, 0.717) is 17.0 Å². The summed E-state index contributed by atoms with van der Waals surface area (Å²) in [5.41, 5.74) is 4.55. The van der Waals surface area contributed by atoms with Crippen molar-refractivity contribution >= 4 is 22.5 Å². The van der Waals surface area contributed by atoms with E-state index in [1.807, 2.05) is 60.0 Å². The molecule has 0 unspecified atom stereocenters. The van der Waals surface area contributed by atoms with Crippen molar-refractivity contribution in [2.75, 3.05) is 31.1 Å². The normalized spacial score (nSPS) is 15.1. The molecule has 1 aromatic carbocycles. The molecule has 5 aromatic rings. The summed E-state index contributed by atoms with van der Waals surface area (Å²) in [6.45, 7) is 5.18. The molecule has 170 valence electrons. The van der Waals surface area contributed by atoms with Crippen molar-refractivity contribution in [1.82, 2.24) is 34.4 Å². The number of rotatable bonds is 4. The average Bonchev–Trinajstić information content (AvgIpc) is 3.33. The Morgan fingerprint density at radius 3 is 2.65 bits per heavy atom. The second-order valence-electron chi connectivity index (χ2n) is 8.43. The van der Waals surface area contributed by atoms with Crippen LogP contribution in [-0.2, 0) is 0 Å². The molecule has 1 aliphatic rings. The number of aromatic nitrogens is 6. The van der Waals surface area contributed by atoms with Gasteiger partial charge < -0.3 is 10.2 Å². The third kappa shape index (κ3) is 3.41. The van der Waals surface area contributed by atoms with Gasteiger partial charge in [0.1, 0.15) is 11.2 Å². The lowest BCUT2D eigenvalue weighted by molar-refractivity contribution is 0.574. The van der Waals surface area contributed by atoms with Crippen molar-refractivity contribution in [2.24, 2.45) is 0 Å². The number of nitrogens with one attached hydrogen (secondary N) is 1. The first-order valence-electron chi connectivity index (χ1n) is 11.4. The number of benzene rings is 1. The van der Waals surface area contributed by atoms with Gasteiger partial charge in [-0.25, -0.2) is 14.5 Å². The summed E-state index contributed by atoms with van der Waals surface area (Å²) >= 11 is 0. The molecule has 1 saturated heterocycles. The highest BCUT2D eigenvalue weighted by atomic mass is 16.1. The molecule has 5 heterocycles. The Morgan fingerprint density at radius 1 is 1.00 bits per heavy atom. The molecule has 6 rings (SSSR count). The number of hydrogen-bond donors (Lipinski definition) is 1. The average molecular weight is 453 g/mol. The molecular formula is C25H24N8O. The predicted molar refractivity (Wildman–Crippen MR) is 131 cm³/mol. The number of anilines is 1. The first-order valence-corrected chi connectivity index (χ1v) is 11.4. The van der Waals surface area contributed by atoms with Gasteiger partial charge in [0.15, 0.2) is 11.5 Å². The summed E-state index contributed by atoms with van der Waals surface area (Å²) in [6, 6.07) is 15.5. The van der Waals surface area contributed by atoms with E-state index in [9.17, 15) is 4.79 Å². The van der Waals surface area contributed by atoms with Gasteiger partial charge in [-0.1, -0.05) is 30.3 Å². The van der Waals surface area contributed by atoms with Gasteiger partial charge in [0.25, 0.3) is 5.56 Å². The fraction of sp³-hybridized carbons (Fsp3) is 0.240. The Morgan fingerprint density at radius 2 is 1.82 bits per heavy atom. The predicted octanol–water partition coefficient (Wildman–Crippen LogP) is 2.52. The monoisotopic (exact) mass is 452 g/mol. The number of hydrogen-bond acceptors (Lipinski definition) is 7. The SMILES string of the molecule is C[C@H](c1ccccc1)n1c(=O)c(N2CCNCC2)nc2cnc(-c3cnc4cccnn34)cc21. The van der Waals surface area contributed by atoms with Crippen molar-refractivity contribution in [3.05, 3.63) is 83.0 Å². The van der Waals surface area contributed by atoms with E-state index < -0.39 is 0 Å². The van der Waals surface area contributed by atoms with Crippen LogP contribution in [0.5, 0.6) is 0 Å². The van der Waals surface area contributed by atoms with E-state index in [2.05, 4.69) is 25.3 Å². The van der Waals surface area contributed by atoms with Crippen LogP contribution < -0.4 is 15.8 Å². The topological polar surface area (TPSA) is 93.2 Å². The molecule has 1 atom stereocenters. The van der Waals surface area contributed by atoms with Crippen LogP contribution >= 0.6 is 0 Å². The molecule has 34 heavy (non-hydrogen) atoms. The fourth-order valence-electron chi connectivity index (χ4n) is 4.59. The maximum absolute atomic E-state index is 13.9. The Hall–Kier alpha value is -4.11. The highest BCUT2D eigenvalue weighted by Gasteiger charge is 2.23. The first-order chi connectivity index (χ1) is 16.7. The summed E-state index contributed by atoms with van der Waals surface area (Å²) in [4.78, 5) is 29.9. The van der Waals surface area contributed by atoms with Crippen molar-refractivity contribution in [3.8, 4) is 11.4 Å². The molecule has 0 aliphatic carbocycles. The van der Waals surface area contributed by atoms with Gasteiger partial charge in [-0.05, 0) is 30.7 Å². The fourth-order valence-corrected chi connectivity index (χ4v) is 4.59. The van der Waals surface area contributed by atoms with Gasteiger partial charge >= 0.3 is 0 Å². The largest absolute Gasteiger partial charge is 0.349 e. The number of fused-ring (bicyclic) bond motifs is 2. The van der Waals surface area contributed by atoms with Gasteiger partial charge in [-0.3, -0.25) is 14.3 Å². The quantitative estimate of drug-likeness (QED) is 0.448. The van der Waals surface area contributed by atoms with Gasteiger partial charge in [0.05, 0.1) is 29.6 Å². The molecule has 9 heteroatoms. The molecule has 9 nitrogen and oxygen atoms in total. The lowest BCUT2D eigenvalue weighted by Crippen LogP contribution is -2.46. The van der Waals surface area contributed by atoms with Gasteiger partial charge in [0, 0.05) is 32.4 Å². The van der Waals surface area contributed by atoms with Crippen molar-refractivity contribution in [3.63, 3.8) is 0 Å². The highest BCUT2D eigenvalue weighted by Crippen LogP contribution is 2.26. The minimum atomic E-state index is -0.184. The maximum Gasteiger partial charge on any atom is 0.294 e. The van der Waals surface area contributed by atoms with Crippen LogP contribution in [0.1, 0.15) is 18.5 Å². The molecule has 0 saturated carbocycles. The summed E-state index contributed by atoms with van der Waals surface area (Å²) in [7, 11) is 0. The number of nitrogens with zero attached hydrogens (tertiary/aromatic N) is 7. The van der Waals surface area contributed by atoms with E-state index in [1.54, 1.807) is 23.1 Å². The van der Waals surface area contributed by atoms with E-state index in [-0.39, 0.29) is 11.6 Å². The zero-order chi connectivity index (χ0) is 23.1. The summed E-state index contributed by atoms with van der Waals surface area (Å²) < 4.78 is 3.59. The second kappa shape index (κ2) is 8.35. The Kier molecular flexibility index (Phi) is 5.03. The minimum Gasteiger partial charge on any atom is -0.349 e. The standard InChI is InChI=1S/C25H24N8O/c1-17(18-6-3-2-4-7-18)32-21-14-19(22-16-28-23-8-5-9-29-33(22)23)27-15-20(21)30-24(25(32)34)31-12-10-26-11-13-31/h2-9,14-17,26H,10-13H2,1H3/t17-/m1/s1. The van der Waals surface area contributed by atoms with E-state index >= 15 is 0 Å². The third-order valence-electron chi connectivity index (χ3n) is 6.38.